The van der Waals surface area contributed by atoms with Crippen LogP contribution in [0.2, 0.25) is 0 Å². The van der Waals surface area contributed by atoms with Crippen LogP contribution in [0.15, 0.2) is 35.6 Å². The Bertz CT molecular complexity index is 615. The molecule has 2 aromatic rings. The molecule has 1 N–H and O–H groups in total. The van der Waals surface area contributed by atoms with Crippen molar-refractivity contribution in [3.05, 3.63) is 41.7 Å². The van der Waals surface area contributed by atoms with Gasteiger partial charge in [0.25, 0.3) is 0 Å². The van der Waals surface area contributed by atoms with E-state index in [-0.39, 0.29) is 5.75 Å². The lowest BCUT2D eigenvalue weighted by molar-refractivity contribution is 0.563. The van der Waals surface area contributed by atoms with E-state index in [2.05, 4.69) is 16.9 Å². The summed E-state index contributed by atoms with van der Waals surface area (Å²) in [6, 6.07) is 7.62. The molecule has 0 aliphatic carbocycles. The normalized spacial score (nSPS) is 12.3. The van der Waals surface area contributed by atoms with E-state index >= 15 is 0 Å². The van der Waals surface area contributed by atoms with Crippen LogP contribution in [0.1, 0.15) is 18.2 Å². The number of aryl methyl sites for hydroxylation is 1. The molecule has 20 heavy (non-hydrogen) atoms. The second-order valence-electron chi connectivity index (χ2n) is 4.23. The van der Waals surface area contributed by atoms with E-state index in [1.165, 1.54) is 11.8 Å². The van der Waals surface area contributed by atoms with Crippen molar-refractivity contribution in [2.24, 2.45) is 0 Å². The molecule has 0 saturated heterocycles. The standard InChI is InChI=1S/C14H16N2O2S2/c1-3-13-12(8-15-14(16-13)19-2)11-6-4-10(5-7-11)9-20(17)18/h4-8H,3,9H2,1-2H3,(H,17,18). The van der Waals surface area contributed by atoms with E-state index in [0.717, 1.165) is 34.0 Å². The molecule has 0 amide bonds. The smallest absolute Gasteiger partial charge is 0.187 e. The summed E-state index contributed by atoms with van der Waals surface area (Å²) in [5.74, 6) is 0.156. The van der Waals surface area contributed by atoms with Gasteiger partial charge in [0.05, 0.1) is 11.4 Å². The molecule has 106 valence electrons. The highest BCUT2D eigenvalue weighted by molar-refractivity contribution is 7.98. The Kier molecular flexibility index (Phi) is 5.28. The Balaban J connectivity index is 2.33. The molecule has 0 aliphatic heterocycles. The molecule has 1 aromatic carbocycles. The Labute approximate surface area is 125 Å². The largest absolute Gasteiger partial charge is 0.306 e. The maximum Gasteiger partial charge on any atom is 0.187 e. The number of hydrogen-bond donors (Lipinski definition) is 1. The highest BCUT2D eigenvalue weighted by Gasteiger charge is 2.08. The predicted molar refractivity (Wildman–Crippen MR) is 83.1 cm³/mol. The average Bonchev–Trinajstić information content (AvgIpc) is 2.47. The van der Waals surface area contributed by atoms with Gasteiger partial charge in [0.1, 0.15) is 0 Å². The first-order valence-corrected chi connectivity index (χ1v) is 8.70. The molecular formula is C14H16N2O2S2. The summed E-state index contributed by atoms with van der Waals surface area (Å²) >= 11 is -0.278. The molecule has 1 aromatic heterocycles. The van der Waals surface area contributed by atoms with E-state index in [4.69, 9.17) is 4.55 Å². The minimum absolute atomic E-state index is 0.156. The van der Waals surface area contributed by atoms with Crippen molar-refractivity contribution in [2.75, 3.05) is 6.26 Å². The minimum Gasteiger partial charge on any atom is -0.306 e. The van der Waals surface area contributed by atoms with Crippen LogP contribution in [-0.4, -0.2) is 25.0 Å². The summed E-state index contributed by atoms with van der Waals surface area (Å²) in [6.45, 7) is 2.07. The summed E-state index contributed by atoms with van der Waals surface area (Å²) < 4.78 is 19.7. The maximum absolute atomic E-state index is 10.8. The van der Waals surface area contributed by atoms with Gasteiger partial charge in [0, 0.05) is 11.8 Å². The highest BCUT2D eigenvalue weighted by Crippen LogP contribution is 2.24. The maximum atomic E-state index is 10.8. The van der Waals surface area contributed by atoms with Crippen molar-refractivity contribution in [1.82, 2.24) is 9.97 Å². The summed E-state index contributed by atoms with van der Waals surface area (Å²) in [7, 11) is 0. The second kappa shape index (κ2) is 6.97. The van der Waals surface area contributed by atoms with Crippen molar-refractivity contribution >= 4 is 22.8 Å². The van der Waals surface area contributed by atoms with E-state index in [1.807, 2.05) is 36.7 Å². The Morgan fingerprint density at radius 1 is 1.30 bits per heavy atom. The predicted octanol–water partition coefficient (Wildman–Crippen LogP) is 3.15. The number of rotatable bonds is 5. The first-order valence-electron chi connectivity index (χ1n) is 6.20. The van der Waals surface area contributed by atoms with Crippen LogP contribution in [0.3, 0.4) is 0 Å². The summed E-state index contributed by atoms with van der Waals surface area (Å²) in [4.78, 5) is 8.84. The van der Waals surface area contributed by atoms with Gasteiger partial charge >= 0.3 is 0 Å². The van der Waals surface area contributed by atoms with Crippen molar-refractivity contribution in [1.29, 1.82) is 0 Å². The number of thioether (sulfide) groups is 1. The number of hydrogen-bond acceptors (Lipinski definition) is 4. The van der Waals surface area contributed by atoms with Crippen LogP contribution < -0.4 is 0 Å². The van der Waals surface area contributed by atoms with Crippen LogP contribution in [0.4, 0.5) is 0 Å². The third-order valence-electron chi connectivity index (χ3n) is 2.92. The first kappa shape index (κ1) is 15.2. The van der Waals surface area contributed by atoms with E-state index < -0.39 is 11.1 Å². The molecule has 2 rings (SSSR count). The van der Waals surface area contributed by atoms with Gasteiger partial charge in [-0.15, -0.1) is 0 Å². The molecule has 0 fully saturated rings. The lowest BCUT2D eigenvalue weighted by Gasteiger charge is -2.08. The SMILES string of the molecule is CCc1nc(SC)ncc1-c1ccc(CS(=O)O)cc1. The Hall–Kier alpha value is -1.24. The lowest BCUT2D eigenvalue weighted by Crippen LogP contribution is -1.97. The van der Waals surface area contributed by atoms with E-state index in [1.54, 1.807) is 0 Å². The minimum atomic E-state index is -1.81. The molecule has 0 radical (unpaired) electrons. The molecular weight excluding hydrogens is 292 g/mol. The molecule has 0 aliphatic rings. The second-order valence-corrected chi connectivity index (χ2v) is 5.94. The van der Waals surface area contributed by atoms with Crippen LogP contribution in [0, 0.1) is 0 Å². The number of nitrogens with zero attached hydrogens (tertiary/aromatic N) is 2. The fourth-order valence-corrected chi connectivity index (χ4v) is 2.77. The van der Waals surface area contributed by atoms with Gasteiger partial charge in [-0.05, 0) is 23.8 Å². The van der Waals surface area contributed by atoms with Gasteiger partial charge in [-0.1, -0.05) is 43.0 Å². The Morgan fingerprint density at radius 2 is 2.00 bits per heavy atom. The van der Waals surface area contributed by atoms with Gasteiger partial charge in [0.2, 0.25) is 0 Å². The van der Waals surface area contributed by atoms with Gasteiger partial charge in [-0.25, -0.2) is 14.2 Å². The monoisotopic (exact) mass is 308 g/mol. The fourth-order valence-electron chi connectivity index (χ4n) is 1.93. The van der Waals surface area contributed by atoms with Crippen molar-refractivity contribution in [3.8, 4) is 11.1 Å². The van der Waals surface area contributed by atoms with Gasteiger partial charge < -0.3 is 4.55 Å². The molecule has 0 bridgehead atoms. The zero-order valence-corrected chi connectivity index (χ0v) is 13.0. The molecule has 0 saturated carbocycles. The first-order chi connectivity index (χ1) is 9.63. The number of benzene rings is 1. The van der Waals surface area contributed by atoms with Crippen molar-refractivity contribution < 1.29 is 8.76 Å². The van der Waals surface area contributed by atoms with Crippen LogP contribution in [0.5, 0.6) is 0 Å². The summed E-state index contributed by atoms with van der Waals surface area (Å²) in [6.07, 6.45) is 4.64. The van der Waals surface area contributed by atoms with Gasteiger partial charge in [0.15, 0.2) is 16.2 Å². The Morgan fingerprint density at radius 3 is 2.55 bits per heavy atom. The molecule has 1 heterocycles. The topological polar surface area (TPSA) is 63.1 Å². The van der Waals surface area contributed by atoms with Crippen molar-refractivity contribution in [3.63, 3.8) is 0 Å². The molecule has 6 heteroatoms. The van der Waals surface area contributed by atoms with Gasteiger partial charge in [-0.3, -0.25) is 0 Å². The van der Waals surface area contributed by atoms with Crippen molar-refractivity contribution in [2.45, 2.75) is 24.3 Å². The van der Waals surface area contributed by atoms with E-state index in [0.29, 0.717) is 0 Å². The van der Waals surface area contributed by atoms with Crippen LogP contribution in [-0.2, 0) is 23.3 Å². The van der Waals surface area contributed by atoms with E-state index in [9.17, 15) is 4.21 Å². The number of aromatic nitrogens is 2. The van der Waals surface area contributed by atoms with Crippen LogP contribution in [0.25, 0.3) is 11.1 Å². The molecule has 4 nitrogen and oxygen atoms in total. The third-order valence-corrected chi connectivity index (χ3v) is 4.06. The molecule has 1 unspecified atom stereocenters. The summed E-state index contributed by atoms with van der Waals surface area (Å²) in [5, 5.41) is 0.776. The molecule has 1 atom stereocenters. The lowest BCUT2D eigenvalue weighted by atomic mass is 10.0. The average molecular weight is 308 g/mol. The third kappa shape index (κ3) is 3.65. The highest BCUT2D eigenvalue weighted by atomic mass is 32.2. The zero-order valence-electron chi connectivity index (χ0n) is 11.4. The summed E-state index contributed by atoms with van der Waals surface area (Å²) in [5.41, 5.74) is 3.90. The molecule has 0 spiro atoms. The fraction of sp³-hybridized carbons (Fsp3) is 0.286. The zero-order chi connectivity index (χ0) is 14.5. The van der Waals surface area contributed by atoms with Gasteiger partial charge in [-0.2, -0.15) is 0 Å². The van der Waals surface area contributed by atoms with Crippen LogP contribution >= 0.6 is 11.8 Å². The quantitative estimate of drug-likeness (QED) is 0.522.